The molecule has 1 heterocycles. The van der Waals surface area contributed by atoms with Crippen molar-refractivity contribution in [3.8, 4) is 17.1 Å². The number of carbonyl (C=O) groups is 1. The topological polar surface area (TPSA) is 115 Å². The second-order valence-electron chi connectivity index (χ2n) is 6.32. The number of sulfonamides is 1. The molecule has 0 bridgehead atoms. The lowest BCUT2D eigenvalue weighted by atomic mass is 10.2. The first kappa shape index (κ1) is 21.3. The van der Waals surface area contributed by atoms with Gasteiger partial charge >= 0.3 is 0 Å². The third-order valence-electron chi connectivity index (χ3n) is 4.06. The van der Waals surface area contributed by atoms with Crippen LogP contribution in [0.15, 0.2) is 59.1 Å². The second-order valence-corrected chi connectivity index (χ2v) is 8.23. The monoisotopic (exact) mass is 430 g/mol. The minimum Gasteiger partial charge on any atom is -0.492 e. The van der Waals surface area contributed by atoms with E-state index in [0.29, 0.717) is 23.9 Å². The number of hydrogen-bond acceptors (Lipinski definition) is 7. The van der Waals surface area contributed by atoms with E-state index in [9.17, 15) is 13.2 Å². The van der Waals surface area contributed by atoms with E-state index in [4.69, 9.17) is 9.26 Å². The van der Waals surface area contributed by atoms with Crippen molar-refractivity contribution in [2.24, 2.45) is 0 Å². The molecule has 1 amide bonds. The number of para-hydroxylation sites is 2. The van der Waals surface area contributed by atoms with E-state index in [1.54, 1.807) is 31.2 Å². The molecule has 0 unspecified atom stereocenters. The van der Waals surface area contributed by atoms with Crippen molar-refractivity contribution in [2.75, 3.05) is 23.7 Å². The number of anilines is 1. The van der Waals surface area contributed by atoms with Crippen molar-refractivity contribution in [2.45, 2.75) is 13.5 Å². The second kappa shape index (κ2) is 9.40. The van der Waals surface area contributed by atoms with Crippen LogP contribution in [-0.4, -0.2) is 43.9 Å². The zero-order valence-corrected chi connectivity index (χ0v) is 17.4. The number of carbonyl (C=O) groups excluding carboxylic acids is 1. The molecule has 0 saturated heterocycles. The van der Waals surface area contributed by atoms with Gasteiger partial charge in [0.05, 0.1) is 25.1 Å². The Balaban J connectivity index is 1.68. The van der Waals surface area contributed by atoms with Crippen LogP contribution >= 0.6 is 0 Å². The molecule has 0 saturated carbocycles. The van der Waals surface area contributed by atoms with Gasteiger partial charge in [0.25, 0.3) is 0 Å². The molecule has 0 aliphatic heterocycles. The van der Waals surface area contributed by atoms with Crippen molar-refractivity contribution in [1.82, 2.24) is 15.5 Å². The minimum absolute atomic E-state index is 0.0244. The molecule has 158 valence electrons. The first-order valence-electron chi connectivity index (χ1n) is 9.22. The lowest BCUT2D eigenvalue weighted by Gasteiger charge is -2.23. The van der Waals surface area contributed by atoms with Crippen LogP contribution in [0.4, 0.5) is 5.69 Å². The molecule has 1 N–H and O–H groups in total. The standard InChI is InChI=1S/C20H22N4O5S/c1-3-28-17-12-8-7-11-16(17)24(30(2,26)27)14-18(25)21-13-19-22-20(23-29-19)15-9-5-4-6-10-15/h4-12H,3,13-14H2,1-2H3,(H,21,25). The van der Waals surface area contributed by atoms with E-state index in [1.807, 2.05) is 30.3 Å². The third-order valence-corrected chi connectivity index (χ3v) is 5.18. The molecule has 0 spiro atoms. The normalized spacial score (nSPS) is 11.1. The molecule has 30 heavy (non-hydrogen) atoms. The quantitative estimate of drug-likeness (QED) is 0.553. The molecule has 0 atom stereocenters. The fraction of sp³-hybridized carbons (Fsp3) is 0.250. The van der Waals surface area contributed by atoms with Gasteiger partial charge in [-0.1, -0.05) is 47.6 Å². The average Bonchev–Trinajstić information content (AvgIpc) is 3.20. The van der Waals surface area contributed by atoms with Crippen LogP contribution in [0.25, 0.3) is 11.4 Å². The Bertz CT molecular complexity index is 1100. The van der Waals surface area contributed by atoms with Crippen LogP contribution in [0.3, 0.4) is 0 Å². The lowest BCUT2D eigenvalue weighted by Crippen LogP contribution is -2.40. The van der Waals surface area contributed by atoms with Crippen LogP contribution in [0, 0.1) is 0 Å². The van der Waals surface area contributed by atoms with Crippen LogP contribution in [0.1, 0.15) is 12.8 Å². The third kappa shape index (κ3) is 5.35. The summed E-state index contributed by atoms with van der Waals surface area (Å²) in [4.78, 5) is 16.7. The van der Waals surface area contributed by atoms with Crippen LogP contribution < -0.4 is 14.4 Å². The van der Waals surface area contributed by atoms with Crippen molar-refractivity contribution < 1.29 is 22.5 Å². The maximum Gasteiger partial charge on any atom is 0.246 e. The van der Waals surface area contributed by atoms with E-state index in [1.165, 1.54) is 0 Å². The zero-order valence-electron chi connectivity index (χ0n) is 16.6. The fourth-order valence-corrected chi connectivity index (χ4v) is 3.57. The number of hydrogen-bond donors (Lipinski definition) is 1. The van der Waals surface area contributed by atoms with E-state index in [2.05, 4.69) is 15.5 Å². The van der Waals surface area contributed by atoms with E-state index >= 15 is 0 Å². The Hall–Kier alpha value is -3.40. The van der Waals surface area contributed by atoms with Crippen LogP contribution in [0.2, 0.25) is 0 Å². The number of nitrogens with one attached hydrogen (secondary N) is 1. The Labute approximate surface area is 174 Å². The number of aromatic nitrogens is 2. The summed E-state index contributed by atoms with van der Waals surface area (Å²) in [7, 11) is -3.73. The van der Waals surface area contributed by atoms with Gasteiger partial charge in [-0.3, -0.25) is 9.10 Å². The number of ether oxygens (including phenoxy) is 1. The molecule has 3 rings (SSSR count). The van der Waals surface area contributed by atoms with Gasteiger partial charge in [-0.15, -0.1) is 0 Å². The molecule has 10 heteroatoms. The summed E-state index contributed by atoms with van der Waals surface area (Å²) >= 11 is 0. The highest BCUT2D eigenvalue weighted by atomic mass is 32.2. The lowest BCUT2D eigenvalue weighted by molar-refractivity contribution is -0.119. The van der Waals surface area contributed by atoms with Gasteiger partial charge < -0.3 is 14.6 Å². The van der Waals surface area contributed by atoms with Gasteiger partial charge in [0.2, 0.25) is 27.6 Å². The first-order valence-corrected chi connectivity index (χ1v) is 11.1. The first-order chi connectivity index (χ1) is 14.4. The molecular weight excluding hydrogens is 408 g/mol. The van der Waals surface area contributed by atoms with Crippen molar-refractivity contribution >= 4 is 21.6 Å². The summed E-state index contributed by atoms with van der Waals surface area (Å²) in [5, 5.41) is 6.49. The zero-order chi connectivity index (χ0) is 21.6. The highest BCUT2D eigenvalue weighted by Gasteiger charge is 2.24. The smallest absolute Gasteiger partial charge is 0.246 e. The molecule has 1 aromatic heterocycles. The summed E-state index contributed by atoms with van der Waals surface area (Å²) in [6.45, 7) is 1.72. The van der Waals surface area contributed by atoms with Crippen molar-refractivity contribution in [3.05, 3.63) is 60.5 Å². The molecule has 2 aromatic carbocycles. The van der Waals surface area contributed by atoms with Crippen molar-refractivity contribution in [3.63, 3.8) is 0 Å². The van der Waals surface area contributed by atoms with Gasteiger partial charge in [-0.25, -0.2) is 8.42 Å². The van der Waals surface area contributed by atoms with Gasteiger partial charge in [-0.05, 0) is 19.1 Å². The minimum atomic E-state index is -3.73. The molecule has 9 nitrogen and oxygen atoms in total. The van der Waals surface area contributed by atoms with E-state index in [-0.39, 0.29) is 12.4 Å². The molecular formula is C20H22N4O5S. The molecule has 0 fully saturated rings. The SMILES string of the molecule is CCOc1ccccc1N(CC(=O)NCc1nc(-c2ccccc2)no1)S(C)(=O)=O. The number of rotatable bonds is 9. The molecule has 0 radical (unpaired) electrons. The highest BCUT2D eigenvalue weighted by Crippen LogP contribution is 2.29. The van der Waals surface area contributed by atoms with E-state index in [0.717, 1.165) is 16.1 Å². The summed E-state index contributed by atoms with van der Waals surface area (Å²) in [6.07, 6.45) is 1.03. The average molecular weight is 430 g/mol. The van der Waals surface area contributed by atoms with Gasteiger partial charge in [0, 0.05) is 5.56 Å². The van der Waals surface area contributed by atoms with Crippen molar-refractivity contribution in [1.29, 1.82) is 0 Å². The van der Waals surface area contributed by atoms with Gasteiger partial charge in [0.1, 0.15) is 12.3 Å². The molecule has 3 aromatic rings. The summed E-state index contributed by atoms with van der Waals surface area (Å²) in [5.74, 6) is 0.472. The maximum absolute atomic E-state index is 12.4. The Morgan fingerprint density at radius 2 is 1.83 bits per heavy atom. The van der Waals surface area contributed by atoms with Gasteiger partial charge in [0.15, 0.2) is 0 Å². The Morgan fingerprint density at radius 3 is 2.53 bits per heavy atom. The Morgan fingerprint density at radius 1 is 1.13 bits per heavy atom. The number of benzene rings is 2. The largest absolute Gasteiger partial charge is 0.492 e. The summed E-state index contributed by atoms with van der Waals surface area (Å²) in [5.41, 5.74) is 1.08. The maximum atomic E-state index is 12.4. The summed E-state index contributed by atoms with van der Waals surface area (Å²) < 4.78 is 36.3. The number of amides is 1. The highest BCUT2D eigenvalue weighted by molar-refractivity contribution is 7.92. The number of nitrogens with zero attached hydrogens (tertiary/aromatic N) is 3. The van der Waals surface area contributed by atoms with Crippen LogP contribution in [0.5, 0.6) is 5.75 Å². The molecule has 0 aliphatic rings. The predicted octanol–water partition coefficient (Wildman–Crippen LogP) is 2.22. The predicted molar refractivity (Wildman–Crippen MR) is 111 cm³/mol. The Kier molecular flexibility index (Phi) is 6.68. The van der Waals surface area contributed by atoms with E-state index < -0.39 is 22.5 Å². The molecule has 0 aliphatic carbocycles. The summed E-state index contributed by atoms with van der Waals surface area (Å²) in [6, 6.07) is 15.9. The van der Waals surface area contributed by atoms with Gasteiger partial charge in [-0.2, -0.15) is 4.98 Å². The van der Waals surface area contributed by atoms with Crippen LogP contribution in [-0.2, 0) is 21.4 Å². The fourth-order valence-electron chi connectivity index (χ4n) is 2.71.